The Morgan fingerprint density at radius 1 is 1.12 bits per heavy atom. The zero-order chi connectivity index (χ0) is 17.9. The van der Waals surface area contributed by atoms with E-state index in [1.165, 1.54) is 4.31 Å². The molecule has 0 saturated carbocycles. The number of halogens is 1. The highest BCUT2D eigenvalue weighted by Crippen LogP contribution is 2.29. The molecule has 1 heterocycles. The molecule has 2 atom stereocenters. The fraction of sp³-hybridized carbons (Fsp3) is 0.368. The molecule has 1 aliphatic heterocycles. The number of ether oxygens (including phenoxy) is 1. The van der Waals surface area contributed by atoms with Gasteiger partial charge in [0.2, 0.25) is 10.0 Å². The summed E-state index contributed by atoms with van der Waals surface area (Å²) in [6.07, 6.45) is 1.38. The summed E-state index contributed by atoms with van der Waals surface area (Å²) in [5.74, 6) is 0. The molecule has 0 aromatic heterocycles. The Morgan fingerprint density at radius 2 is 1.81 bits per heavy atom. The van der Waals surface area contributed by atoms with Crippen LogP contribution in [0.3, 0.4) is 0 Å². The molecule has 1 saturated heterocycles. The fourth-order valence-corrected chi connectivity index (χ4v) is 5.05. The molecular weight excluding hydrogens is 372 g/mol. The smallest absolute Gasteiger partial charge is 0.243 e. The van der Waals surface area contributed by atoms with Gasteiger partial charge in [0.05, 0.1) is 11.0 Å². The van der Waals surface area contributed by atoms with Crippen LogP contribution in [0.2, 0.25) is 0 Å². The lowest BCUT2D eigenvalue weighted by Crippen LogP contribution is -2.51. The first kappa shape index (κ1) is 20.9. The number of sulfonamides is 1. The molecule has 142 valence electrons. The van der Waals surface area contributed by atoms with Crippen LogP contribution in [0.1, 0.15) is 12.8 Å². The first-order valence-electron chi connectivity index (χ1n) is 8.46. The Bertz CT molecular complexity index is 815. The van der Waals surface area contributed by atoms with E-state index in [1.807, 2.05) is 36.4 Å². The summed E-state index contributed by atoms with van der Waals surface area (Å²) in [7, 11) is -1.93. The van der Waals surface area contributed by atoms with Gasteiger partial charge in [0.15, 0.2) is 0 Å². The second-order valence-electron chi connectivity index (χ2n) is 6.28. The lowest BCUT2D eigenvalue weighted by Gasteiger charge is -2.37. The fourth-order valence-electron chi connectivity index (χ4n) is 3.34. The average molecular weight is 397 g/mol. The monoisotopic (exact) mass is 396 g/mol. The molecule has 2 unspecified atom stereocenters. The molecule has 0 aliphatic carbocycles. The van der Waals surface area contributed by atoms with Crippen molar-refractivity contribution >= 4 is 22.4 Å². The van der Waals surface area contributed by atoms with Crippen LogP contribution in [0.4, 0.5) is 0 Å². The molecule has 2 aromatic rings. The van der Waals surface area contributed by atoms with E-state index >= 15 is 0 Å². The van der Waals surface area contributed by atoms with Crippen molar-refractivity contribution in [3.05, 3.63) is 54.6 Å². The minimum absolute atomic E-state index is 0. The minimum atomic E-state index is -3.59. The predicted octanol–water partition coefficient (Wildman–Crippen LogP) is 2.90. The van der Waals surface area contributed by atoms with E-state index in [0.29, 0.717) is 24.3 Å². The molecule has 2 aromatic carbocycles. The van der Waals surface area contributed by atoms with E-state index in [0.717, 1.165) is 11.1 Å². The minimum Gasteiger partial charge on any atom is -0.381 e. The largest absolute Gasteiger partial charge is 0.381 e. The third-order valence-electron chi connectivity index (χ3n) is 4.77. The van der Waals surface area contributed by atoms with Gasteiger partial charge in [0, 0.05) is 26.2 Å². The van der Waals surface area contributed by atoms with Crippen LogP contribution in [0, 0.1) is 0 Å². The number of benzene rings is 2. The summed E-state index contributed by atoms with van der Waals surface area (Å²) < 4.78 is 33.3. The Balaban J connectivity index is 0.00000243. The SMILES string of the molecule is COC1CCN(S(=O)(=O)c2cccc(-c3ccccc3)c2)C(CN)C1.Cl. The molecule has 5 nitrogen and oxygen atoms in total. The predicted molar refractivity (Wildman–Crippen MR) is 106 cm³/mol. The van der Waals surface area contributed by atoms with Crippen molar-refractivity contribution in [2.75, 3.05) is 20.2 Å². The van der Waals surface area contributed by atoms with Crippen molar-refractivity contribution in [2.45, 2.75) is 29.9 Å². The van der Waals surface area contributed by atoms with Crippen LogP contribution in [0.15, 0.2) is 59.5 Å². The van der Waals surface area contributed by atoms with Gasteiger partial charge in [0.25, 0.3) is 0 Å². The van der Waals surface area contributed by atoms with Gasteiger partial charge in [-0.05, 0) is 36.1 Å². The quantitative estimate of drug-likeness (QED) is 0.843. The van der Waals surface area contributed by atoms with Gasteiger partial charge in [-0.15, -0.1) is 12.4 Å². The summed E-state index contributed by atoms with van der Waals surface area (Å²) in [6, 6.07) is 16.6. The van der Waals surface area contributed by atoms with Gasteiger partial charge in [0.1, 0.15) is 0 Å². The maximum Gasteiger partial charge on any atom is 0.243 e. The summed E-state index contributed by atoms with van der Waals surface area (Å²) in [6.45, 7) is 0.718. The lowest BCUT2D eigenvalue weighted by atomic mass is 10.0. The van der Waals surface area contributed by atoms with Crippen LogP contribution in [-0.2, 0) is 14.8 Å². The van der Waals surface area contributed by atoms with Gasteiger partial charge in [-0.3, -0.25) is 0 Å². The van der Waals surface area contributed by atoms with Crippen molar-refractivity contribution in [3.63, 3.8) is 0 Å². The first-order chi connectivity index (χ1) is 12.1. The molecule has 26 heavy (non-hydrogen) atoms. The molecular formula is C19H25ClN2O3S. The highest BCUT2D eigenvalue weighted by Gasteiger charge is 2.36. The van der Waals surface area contributed by atoms with Crippen LogP contribution >= 0.6 is 12.4 Å². The normalized spacial score (nSPS) is 21.2. The Kier molecular flexibility index (Phi) is 7.20. The van der Waals surface area contributed by atoms with Gasteiger partial charge >= 0.3 is 0 Å². The number of rotatable bonds is 5. The molecule has 1 aliphatic rings. The summed E-state index contributed by atoms with van der Waals surface area (Å²) >= 11 is 0. The van der Waals surface area contributed by atoms with E-state index < -0.39 is 10.0 Å². The van der Waals surface area contributed by atoms with Crippen molar-refractivity contribution < 1.29 is 13.2 Å². The number of nitrogens with two attached hydrogens (primary N) is 1. The lowest BCUT2D eigenvalue weighted by molar-refractivity contribution is 0.0401. The molecule has 0 spiro atoms. The van der Waals surface area contributed by atoms with Crippen LogP contribution < -0.4 is 5.73 Å². The van der Waals surface area contributed by atoms with Crippen molar-refractivity contribution in [1.82, 2.24) is 4.31 Å². The van der Waals surface area contributed by atoms with Crippen molar-refractivity contribution in [2.24, 2.45) is 5.73 Å². The first-order valence-corrected chi connectivity index (χ1v) is 9.90. The number of methoxy groups -OCH3 is 1. The topological polar surface area (TPSA) is 72.6 Å². The van der Waals surface area contributed by atoms with Crippen LogP contribution in [0.25, 0.3) is 11.1 Å². The highest BCUT2D eigenvalue weighted by atomic mass is 35.5. The van der Waals surface area contributed by atoms with Gasteiger partial charge in [-0.1, -0.05) is 42.5 Å². The standard InChI is InChI=1S/C19H24N2O3S.ClH/c1-24-18-10-11-21(17(13-18)14-20)25(22,23)19-9-5-8-16(12-19)15-6-3-2-4-7-15;/h2-9,12,17-18H,10-11,13-14,20H2,1H3;1H. The molecule has 0 amide bonds. The molecule has 2 N–H and O–H groups in total. The number of hydrogen-bond acceptors (Lipinski definition) is 4. The van der Waals surface area contributed by atoms with E-state index in [1.54, 1.807) is 25.3 Å². The zero-order valence-corrected chi connectivity index (χ0v) is 16.4. The molecule has 3 rings (SSSR count). The second-order valence-corrected chi connectivity index (χ2v) is 8.17. The van der Waals surface area contributed by atoms with Crippen LogP contribution in [0.5, 0.6) is 0 Å². The van der Waals surface area contributed by atoms with Crippen LogP contribution in [-0.4, -0.2) is 45.1 Å². The third kappa shape index (κ3) is 4.27. The van der Waals surface area contributed by atoms with Crippen molar-refractivity contribution in [3.8, 4) is 11.1 Å². The molecule has 0 radical (unpaired) electrons. The number of nitrogens with zero attached hydrogens (tertiary/aromatic N) is 1. The Labute approximate surface area is 161 Å². The van der Waals surface area contributed by atoms with E-state index in [2.05, 4.69) is 0 Å². The summed E-state index contributed by atoms with van der Waals surface area (Å²) in [5.41, 5.74) is 7.72. The second kappa shape index (κ2) is 8.97. The summed E-state index contributed by atoms with van der Waals surface area (Å²) in [5, 5.41) is 0. The van der Waals surface area contributed by atoms with E-state index in [9.17, 15) is 8.42 Å². The third-order valence-corrected chi connectivity index (χ3v) is 6.71. The summed E-state index contributed by atoms with van der Waals surface area (Å²) in [4.78, 5) is 0.308. The van der Waals surface area contributed by atoms with E-state index in [4.69, 9.17) is 10.5 Å². The Hall–Kier alpha value is -1.44. The number of hydrogen-bond donors (Lipinski definition) is 1. The van der Waals surface area contributed by atoms with Gasteiger partial charge in [-0.25, -0.2) is 8.42 Å². The number of piperidine rings is 1. The molecule has 0 bridgehead atoms. The van der Waals surface area contributed by atoms with Gasteiger partial charge in [-0.2, -0.15) is 4.31 Å². The maximum absolute atomic E-state index is 13.2. The zero-order valence-electron chi connectivity index (χ0n) is 14.7. The van der Waals surface area contributed by atoms with Gasteiger partial charge < -0.3 is 10.5 Å². The Morgan fingerprint density at radius 3 is 2.46 bits per heavy atom. The van der Waals surface area contributed by atoms with Crippen molar-refractivity contribution in [1.29, 1.82) is 0 Å². The molecule has 7 heteroatoms. The van der Waals surface area contributed by atoms with E-state index in [-0.39, 0.29) is 31.1 Å². The molecule has 1 fully saturated rings. The highest BCUT2D eigenvalue weighted by molar-refractivity contribution is 7.89. The average Bonchev–Trinajstić information content (AvgIpc) is 2.68. The maximum atomic E-state index is 13.2.